The van der Waals surface area contributed by atoms with Crippen molar-refractivity contribution in [3.05, 3.63) is 31.0 Å². The molecule has 0 fully saturated rings. The van der Waals surface area contributed by atoms with Crippen molar-refractivity contribution in [1.29, 1.82) is 0 Å². The molecule has 0 aliphatic carbocycles. The van der Waals surface area contributed by atoms with E-state index in [1.165, 1.54) is 23.7 Å². The Morgan fingerprint density at radius 3 is 2.50 bits per heavy atom. The van der Waals surface area contributed by atoms with Crippen LogP contribution in [0.5, 0.6) is 0 Å². The molecule has 0 atom stereocenters. The SMILES string of the molecule is Cc1cc2cc(I)c(I)cc2[nH]1. The zero-order valence-corrected chi connectivity index (χ0v) is 10.8. The number of hydrogen-bond donors (Lipinski definition) is 1. The largest absolute Gasteiger partial charge is 0.359 e. The molecule has 0 saturated heterocycles. The highest BCUT2D eigenvalue weighted by Crippen LogP contribution is 2.23. The van der Waals surface area contributed by atoms with Crippen molar-refractivity contribution in [1.82, 2.24) is 4.98 Å². The van der Waals surface area contributed by atoms with Crippen molar-refractivity contribution in [2.24, 2.45) is 0 Å². The molecule has 0 amide bonds. The van der Waals surface area contributed by atoms with Gasteiger partial charge in [-0.05, 0) is 70.3 Å². The van der Waals surface area contributed by atoms with Crippen LogP contribution in [0, 0.1) is 14.1 Å². The van der Waals surface area contributed by atoms with Crippen LogP contribution in [0.1, 0.15) is 5.69 Å². The monoisotopic (exact) mass is 383 g/mol. The Labute approximate surface area is 98.2 Å². The van der Waals surface area contributed by atoms with E-state index in [1.807, 2.05) is 0 Å². The van der Waals surface area contributed by atoms with Crippen molar-refractivity contribution in [2.75, 3.05) is 0 Å². The molecule has 0 unspecified atom stereocenters. The smallest absolute Gasteiger partial charge is 0.0467 e. The van der Waals surface area contributed by atoms with Crippen LogP contribution >= 0.6 is 45.2 Å². The molecule has 1 heterocycles. The van der Waals surface area contributed by atoms with Gasteiger partial charge in [-0.3, -0.25) is 0 Å². The number of rotatable bonds is 0. The van der Waals surface area contributed by atoms with Crippen LogP contribution in [0.2, 0.25) is 0 Å². The summed E-state index contributed by atoms with van der Waals surface area (Å²) in [6, 6.07) is 6.57. The molecule has 1 aromatic carbocycles. The van der Waals surface area contributed by atoms with Crippen molar-refractivity contribution >= 4 is 56.1 Å². The fourth-order valence-electron chi connectivity index (χ4n) is 1.27. The van der Waals surface area contributed by atoms with Gasteiger partial charge in [-0.1, -0.05) is 0 Å². The van der Waals surface area contributed by atoms with Gasteiger partial charge in [0, 0.05) is 23.7 Å². The molecule has 1 nitrogen and oxygen atoms in total. The summed E-state index contributed by atoms with van der Waals surface area (Å²) in [5.41, 5.74) is 2.46. The Morgan fingerprint density at radius 2 is 1.75 bits per heavy atom. The predicted molar refractivity (Wildman–Crippen MR) is 68.5 cm³/mol. The average molecular weight is 383 g/mol. The third-order valence-electron chi connectivity index (χ3n) is 1.80. The number of aromatic nitrogens is 1. The van der Waals surface area contributed by atoms with Crippen molar-refractivity contribution in [3.63, 3.8) is 0 Å². The van der Waals surface area contributed by atoms with Gasteiger partial charge in [0.25, 0.3) is 0 Å². The molecule has 0 saturated carbocycles. The van der Waals surface area contributed by atoms with Crippen LogP contribution in [-0.4, -0.2) is 4.98 Å². The zero-order chi connectivity index (χ0) is 8.72. The lowest BCUT2D eigenvalue weighted by Crippen LogP contribution is -1.78. The summed E-state index contributed by atoms with van der Waals surface area (Å²) in [4.78, 5) is 3.32. The number of H-pyrrole nitrogens is 1. The molecule has 0 radical (unpaired) electrons. The summed E-state index contributed by atoms with van der Waals surface area (Å²) in [6.07, 6.45) is 0. The third-order valence-corrected chi connectivity index (χ3v) is 4.61. The van der Waals surface area contributed by atoms with Gasteiger partial charge >= 0.3 is 0 Å². The number of aromatic amines is 1. The maximum Gasteiger partial charge on any atom is 0.0467 e. The summed E-state index contributed by atoms with van der Waals surface area (Å²) in [6.45, 7) is 2.08. The molecule has 2 aromatic rings. The van der Waals surface area contributed by atoms with Crippen molar-refractivity contribution < 1.29 is 0 Å². The lowest BCUT2D eigenvalue weighted by atomic mass is 10.2. The van der Waals surface area contributed by atoms with Crippen LogP contribution in [-0.2, 0) is 0 Å². The molecule has 1 N–H and O–H groups in total. The van der Waals surface area contributed by atoms with Crippen LogP contribution < -0.4 is 0 Å². The molecule has 3 heteroatoms. The van der Waals surface area contributed by atoms with E-state index >= 15 is 0 Å². The standard InChI is InChI=1S/C9H7I2N/c1-5-2-6-3-7(10)8(11)4-9(6)12-5/h2-4,12H,1H3. The van der Waals surface area contributed by atoms with E-state index in [2.05, 4.69) is 75.3 Å². The highest BCUT2D eigenvalue weighted by atomic mass is 127. The van der Waals surface area contributed by atoms with Crippen LogP contribution in [0.4, 0.5) is 0 Å². The maximum absolute atomic E-state index is 3.32. The van der Waals surface area contributed by atoms with Gasteiger partial charge in [0.1, 0.15) is 0 Å². The molecule has 62 valence electrons. The molecule has 0 bridgehead atoms. The Hall–Kier alpha value is 0.220. The lowest BCUT2D eigenvalue weighted by Gasteiger charge is -1.95. The van der Waals surface area contributed by atoms with E-state index in [1.54, 1.807) is 0 Å². The molecule has 0 aliphatic rings. The number of halogens is 2. The molecular weight excluding hydrogens is 376 g/mol. The number of hydrogen-bond acceptors (Lipinski definition) is 0. The first-order valence-electron chi connectivity index (χ1n) is 3.61. The maximum atomic E-state index is 3.32. The minimum absolute atomic E-state index is 1.22. The van der Waals surface area contributed by atoms with Gasteiger partial charge in [0.15, 0.2) is 0 Å². The van der Waals surface area contributed by atoms with Gasteiger partial charge in [-0.15, -0.1) is 0 Å². The van der Waals surface area contributed by atoms with Gasteiger partial charge in [0.05, 0.1) is 0 Å². The van der Waals surface area contributed by atoms with E-state index in [9.17, 15) is 0 Å². The Balaban J connectivity index is 2.83. The van der Waals surface area contributed by atoms with E-state index in [-0.39, 0.29) is 0 Å². The zero-order valence-electron chi connectivity index (χ0n) is 6.49. The van der Waals surface area contributed by atoms with Crippen LogP contribution in [0.25, 0.3) is 10.9 Å². The minimum Gasteiger partial charge on any atom is -0.359 e. The summed E-state index contributed by atoms with van der Waals surface area (Å²) in [5, 5.41) is 1.30. The molecule has 2 rings (SSSR count). The summed E-state index contributed by atoms with van der Waals surface area (Å²) < 4.78 is 2.63. The van der Waals surface area contributed by atoms with E-state index in [0.29, 0.717) is 0 Å². The number of aryl methyl sites for hydroxylation is 1. The number of nitrogens with one attached hydrogen (secondary N) is 1. The second-order valence-electron chi connectivity index (χ2n) is 2.81. The quantitative estimate of drug-likeness (QED) is 0.669. The Morgan fingerprint density at radius 1 is 1.08 bits per heavy atom. The van der Waals surface area contributed by atoms with Crippen molar-refractivity contribution in [2.45, 2.75) is 6.92 Å². The first-order valence-corrected chi connectivity index (χ1v) is 5.77. The van der Waals surface area contributed by atoms with E-state index in [4.69, 9.17) is 0 Å². The highest BCUT2D eigenvalue weighted by molar-refractivity contribution is 14.1. The topological polar surface area (TPSA) is 15.8 Å². The van der Waals surface area contributed by atoms with Gasteiger partial charge in [-0.25, -0.2) is 0 Å². The van der Waals surface area contributed by atoms with E-state index in [0.717, 1.165) is 0 Å². The number of fused-ring (bicyclic) bond motifs is 1. The summed E-state index contributed by atoms with van der Waals surface area (Å²) in [5.74, 6) is 0. The second-order valence-corrected chi connectivity index (χ2v) is 5.13. The minimum atomic E-state index is 1.22. The van der Waals surface area contributed by atoms with Crippen LogP contribution in [0.15, 0.2) is 18.2 Å². The van der Waals surface area contributed by atoms with Gasteiger partial charge < -0.3 is 4.98 Å². The normalized spacial score (nSPS) is 10.9. The Kier molecular flexibility index (Phi) is 2.33. The molecule has 0 spiro atoms. The van der Waals surface area contributed by atoms with Crippen LogP contribution in [0.3, 0.4) is 0 Å². The Bertz CT molecular complexity index is 392. The molecule has 0 aliphatic heterocycles. The van der Waals surface area contributed by atoms with Gasteiger partial charge in [0.2, 0.25) is 0 Å². The highest BCUT2D eigenvalue weighted by Gasteiger charge is 2.01. The molecular formula is C9H7I2N. The number of benzene rings is 1. The predicted octanol–water partition coefficient (Wildman–Crippen LogP) is 3.69. The third kappa shape index (κ3) is 1.48. The van der Waals surface area contributed by atoms with E-state index < -0.39 is 0 Å². The van der Waals surface area contributed by atoms with Gasteiger partial charge in [-0.2, -0.15) is 0 Å². The lowest BCUT2D eigenvalue weighted by molar-refractivity contribution is 1.30. The fraction of sp³-hybridized carbons (Fsp3) is 0.111. The summed E-state index contributed by atoms with van der Waals surface area (Å²) in [7, 11) is 0. The average Bonchev–Trinajstić information content (AvgIpc) is 2.30. The molecule has 1 aromatic heterocycles. The van der Waals surface area contributed by atoms with Crippen molar-refractivity contribution in [3.8, 4) is 0 Å². The first-order chi connectivity index (χ1) is 5.66. The molecule has 12 heavy (non-hydrogen) atoms. The second kappa shape index (κ2) is 3.17. The fourth-order valence-corrected chi connectivity index (χ4v) is 2.23. The summed E-state index contributed by atoms with van der Waals surface area (Å²) >= 11 is 4.71. The first kappa shape index (κ1) is 8.80.